The fourth-order valence-electron chi connectivity index (χ4n) is 3.36. The standard InChI is InChI=1S/C23H30N4O2.HI/c1-4-24-23(27-15-21(28)17-8-6-9-19(13-17)29-3)25-12-11-18-14-26-22-16(2)7-5-10-20(18)22;/h5-10,13-14,21,26,28H,4,11-12,15H2,1-3H3,(H2,24,25,27);1H. The molecule has 1 atom stereocenters. The smallest absolute Gasteiger partial charge is 0.191 e. The van der Waals surface area contributed by atoms with Crippen LogP contribution >= 0.6 is 24.0 Å². The Balaban J connectivity index is 0.00000320. The zero-order chi connectivity index (χ0) is 20.6. The van der Waals surface area contributed by atoms with Crippen LogP contribution in [0.3, 0.4) is 0 Å². The molecule has 1 unspecified atom stereocenters. The lowest BCUT2D eigenvalue weighted by atomic mass is 10.1. The van der Waals surface area contributed by atoms with Gasteiger partial charge in [0.25, 0.3) is 0 Å². The van der Waals surface area contributed by atoms with Gasteiger partial charge in [-0.1, -0.05) is 30.3 Å². The molecule has 0 saturated heterocycles. The lowest BCUT2D eigenvalue weighted by Gasteiger charge is -2.14. The van der Waals surface area contributed by atoms with Crippen LogP contribution in [0.4, 0.5) is 0 Å². The van der Waals surface area contributed by atoms with Crippen molar-refractivity contribution >= 4 is 40.8 Å². The van der Waals surface area contributed by atoms with Crippen LogP contribution in [-0.4, -0.2) is 42.8 Å². The topological polar surface area (TPSA) is 81.7 Å². The lowest BCUT2D eigenvalue weighted by Crippen LogP contribution is -2.38. The van der Waals surface area contributed by atoms with E-state index in [0.29, 0.717) is 5.96 Å². The first-order valence-corrected chi connectivity index (χ1v) is 10.0. The number of aryl methyl sites for hydroxylation is 1. The molecule has 6 nitrogen and oxygen atoms in total. The Morgan fingerprint density at radius 2 is 2.00 bits per heavy atom. The third-order valence-corrected chi connectivity index (χ3v) is 4.94. The van der Waals surface area contributed by atoms with Crippen molar-refractivity contribution < 1.29 is 9.84 Å². The fraction of sp³-hybridized carbons (Fsp3) is 0.348. The number of aliphatic imine (C=N–C) groups is 1. The predicted molar refractivity (Wildman–Crippen MR) is 134 cm³/mol. The first kappa shape index (κ1) is 24.0. The van der Waals surface area contributed by atoms with Crippen molar-refractivity contribution in [3.05, 3.63) is 65.4 Å². The van der Waals surface area contributed by atoms with Gasteiger partial charge in [0.2, 0.25) is 0 Å². The van der Waals surface area contributed by atoms with Crippen molar-refractivity contribution in [1.29, 1.82) is 0 Å². The zero-order valence-electron chi connectivity index (χ0n) is 17.7. The van der Waals surface area contributed by atoms with E-state index in [1.165, 1.54) is 22.0 Å². The molecule has 3 rings (SSSR count). The van der Waals surface area contributed by atoms with Crippen molar-refractivity contribution in [1.82, 2.24) is 15.6 Å². The van der Waals surface area contributed by atoms with Crippen molar-refractivity contribution in [3.63, 3.8) is 0 Å². The number of aromatic nitrogens is 1. The molecule has 1 heterocycles. The number of halogens is 1. The summed E-state index contributed by atoms with van der Waals surface area (Å²) in [7, 11) is 1.62. The number of para-hydroxylation sites is 1. The molecule has 0 aliphatic rings. The van der Waals surface area contributed by atoms with E-state index < -0.39 is 6.10 Å². The summed E-state index contributed by atoms with van der Waals surface area (Å²) in [6.45, 7) is 5.92. The minimum absolute atomic E-state index is 0. The Kier molecular flexibility index (Phi) is 9.45. The summed E-state index contributed by atoms with van der Waals surface area (Å²) in [4.78, 5) is 7.91. The van der Waals surface area contributed by atoms with Crippen LogP contribution in [0.2, 0.25) is 0 Å². The number of aliphatic hydroxyl groups is 1. The number of benzene rings is 2. The van der Waals surface area contributed by atoms with Crippen LogP contribution in [0.15, 0.2) is 53.7 Å². The van der Waals surface area contributed by atoms with Gasteiger partial charge in [-0.05, 0) is 49.1 Å². The van der Waals surface area contributed by atoms with E-state index in [9.17, 15) is 5.11 Å². The Hall–Kier alpha value is -2.26. The second kappa shape index (κ2) is 11.8. The van der Waals surface area contributed by atoms with E-state index in [4.69, 9.17) is 4.74 Å². The monoisotopic (exact) mass is 522 g/mol. The highest BCUT2D eigenvalue weighted by atomic mass is 127. The van der Waals surface area contributed by atoms with E-state index in [1.54, 1.807) is 7.11 Å². The molecule has 0 spiro atoms. The van der Waals surface area contributed by atoms with Crippen molar-refractivity contribution in [2.75, 3.05) is 26.7 Å². The second-order valence-electron chi connectivity index (χ2n) is 7.00. The molecule has 0 bridgehead atoms. The number of H-pyrrole nitrogens is 1. The number of guanidine groups is 1. The zero-order valence-corrected chi connectivity index (χ0v) is 20.1. The largest absolute Gasteiger partial charge is 0.497 e. The molecule has 0 aliphatic carbocycles. The molecule has 7 heteroatoms. The fourth-order valence-corrected chi connectivity index (χ4v) is 3.36. The summed E-state index contributed by atoms with van der Waals surface area (Å²) < 4.78 is 5.22. The molecule has 0 aliphatic heterocycles. The third kappa shape index (κ3) is 6.12. The van der Waals surface area contributed by atoms with Gasteiger partial charge in [0, 0.05) is 30.2 Å². The van der Waals surface area contributed by atoms with Gasteiger partial charge < -0.3 is 25.5 Å². The number of methoxy groups -OCH3 is 1. The molecule has 162 valence electrons. The minimum Gasteiger partial charge on any atom is -0.497 e. The molecular formula is C23H31IN4O2. The highest BCUT2D eigenvalue weighted by molar-refractivity contribution is 14.0. The molecule has 4 N–H and O–H groups in total. The SMILES string of the molecule is CCNC(=NCC(O)c1cccc(OC)c1)NCCc1c[nH]c2c(C)cccc12.I. The molecule has 0 radical (unpaired) electrons. The Labute approximate surface area is 195 Å². The maximum Gasteiger partial charge on any atom is 0.191 e. The summed E-state index contributed by atoms with van der Waals surface area (Å²) in [5, 5.41) is 18.3. The average Bonchev–Trinajstić information content (AvgIpc) is 3.16. The van der Waals surface area contributed by atoms with E-state index in [2.05, 4.69) is 51.9 Å². The second-order valence-corrected chi connectivity index (χ2v) is 7.00. The number of nitrogens with zero attached hydrogens (tertiary/aromatic N) is 1. The molecule has 30 heavy (non-hydrogen) atoms. The number of rotatable bonds is 8. The first-order chi connectivity index (χ1) is 14.1. The normalized spacial score (nSPS) is 12.3. The van der Waals surface area contributed by atoms with Gasteiger partial charge in [0.05, 0.1) is 19.8 Å². The first-order valence-electron chi connectivity index (χ1n) is 10.0. The summed E-state index contributed by atoms with van der Waals surface area (Å²) in [6, 6.07) is 13.8. The highest BCUT2D eigenvalue weighted by Crippen LogP contribution is 2.21. The van der Waals surface area contributed by atoms with Gasteiger partial charge in [-0.15, -0.1) is 24.0 Å². The quantitative estimate of drug-likeness (QED) is 0.205. The van der Waals surface area contributed by atoms with Gasteiger partial charge in [-0.2, -0.15) is 0 Å². The van der Waals surface area contributed by atoms with Gasteiger partial charge in [0.1, 0.15) is 5.75 Å². The maximum atomic E-state index is 10.5. The third-order valence-electron chi connectivity index (χ3n) is 4.94. The summed E-state index contributed by atoms with van der Waals surface area (Å²) in [5.74, 6) is 1.43. The number of ether oxygens (including phenoxy) is 1. The number of nitrogens with one attached hydrogen (secondary N) is 3. The van der Waals surface area contributed by atoms with Crippen molar-refractivity contribution in [3.8, 4) is 5.75 Å². The minimum atomic E-state index is -0.683. The van der Waals surface area contributed by atoms with Gasteiger partial charge in [-0.3, -0.25) is 4.99 Å². The molecule has 0 fully saturated rings. The van der Waals surface area contributed by atoms with Crippen LogP contribution in [0.1, 0.15) is 29.7 Å². The van der Waals surface area contributed by atoms with Crippen LogP contribution in [-0.2, 0) is 6.42 Å². The van der Waals surface area contributed by atoms with Crippen LogP contribution < -0.4 is 15.4 Å². The summed E-state index contributed by atoms with van der Waals surface area (Å²) >= 11 is 0. The van der Waals surface area contributed by atoms with Crippen LogP contribution in [0.25, 0.3) is 10.9 Å². The average molecular weight is 522 g/mol. The Morgan fingerprint density at radius 1 is 1.20 bits per heavy atom. The molecular weight excluding hydrogens is 491 g/mol. The van der Waals surface area contributed by atoms with E-state index >= 15 is 0 Å². The molecule has 2 aromatic carbocycles. The maximum absolute atomic E-state index is 10.5. The number of aromatic amines is 1. The lowest BCUT2D eigenvalue weighted by molar-refractivity contribution is 0.186. The number of hydrogen-bond acceptors (Lipinski definition) is 3. The number of aliphatic hydroxyl groups excluding tert-OH is 1. The molecule has 3 aromatic rings. The molecule has 0 saturated carbocycles. The van der Waals surface area contributed by atoms with Crippen molar-refractivity contribution in [2.24, 2.45) is 4.99 Å². The Bertz CT molecular complexity index is 971. The highest BCUT2D eigenvalue weighted by Gasteiger charge is 2.09. The summed E-state index contributed by atoms with van der Waals surface area (Å²) in [6.07, 6.45) is 2.28. The number of hydrogen-bond donors (Lipinski definition) is 4. The molecule has 0 amide bonds. The summed E-state index contributed by atoms with van der Waals surface area (Å²) in [5.41, 5.74) is 4.52. The van der Waals surface area contributed by atoms with Crippen LogP contribution in [0, 0.1) is 6.92 Å². The van der Waals surface area contributed by atoms with Gasteiger partial charge in [-0.25, -0.2) is 0 Å². The van der Waals surface area contributed by atoms with E-state index in [-0.39, 0.29) is 30.5 Å². The van der Waals surface area contributed by atoms with E-state index in [0.717, 1.165) is 30.8 Å². The van der Waals surface area contributed by atoms with Gasteiger partial charge in [0.15, 0.2) is 5.96 Å². The number of fused-ring (bicyclic) bond motifs is 1. The Morgan fingerprint density at radius 3 is 2.77 bits per heavy atom. The van der Waals surface area contributed by atoms with Gasteiger partial charge >= 0.3 is 0 Å². The van der Waals surface area contributed by atoms with E-state index in [1.807, 2.05) is 31.2 Å². The van der Waals surface area contributed by atoms with Crippen molar-refractivity contribution in [2.45, 2.75) is 26.4 Å². The van der Waals surface area contributed by atoms with Crippen LogP contribution in [0.5, 0.6) is 5.75 Å². The molecule has 1 aromatic heterocycles. The predicted octanol–water partition coefficient (Wildman–Crippen LogP) is 3.93.